The molecule has 0 radical (unpaired) electrons. The zero-order valence-electron chi connectivity index (χ0n) is 11.8. The highest BCUT2D eigenvalue weighted by molar-refractivity contribution is 8.14. The van der Waals surface area contributed by atoms with Crippen molar-refractivity contribution in [1.29, 1.82) is 0 Å². The topological polar surface area (TPSA) is 137 Å². The van der Waals surface area contributed by atoms with Gasteiger partial charge in [-0.15, -0.1) is 0 Å². The van der Waals surface area contributed by atoms with Crippen molar-refractivity contribution in [2.45, 2.75) is 0 Å². The lowest BCUT2D eigenvalue weighted by atomic mass is 10.2. The van der Waals surface area contributed by atoms with Crippen LogP contribution in [0.5, 0.6) is 0 Å². The van der Waals surface area contributed by atoms with E-state index in [1.54, 1.807) is 0 Å². The minimum absolute atomic E-state index is 0.116. The number of carbonyl (C=O) groups is 2. The van der Waals surface area contributed by atoms with Gasteiger partial charge in [0.2, 0.25) is 0 Å². The van der Waals surface area contributed by atoms with Crippen molar-refractivity contribution in [3.05, 3.63) is 79.9 Å². The first-order valence-electron chi connectivity index (χ1n) is 6.30. The summed E-state index contributed by atoms with van der Waals surface area (Å²) in [5.41, 5.74) is -0.735. The quantitative estimate of drug-likeness (QED) is 0.610. The average molecular weight is 348 g/mol. The summed E-state index contributed by atoms with van der Waals surface area (Å²) >= 11 is 0. The van der Waals surface area contributed by atoms with E-state index >= 15 is 0 Å². The number of non-ortho nitro benzene ring substituents is 2. The van der Waals surface area contributed by atoms with Crippen LogP contribution in [-0.2, 0) is 10.8 Å². The van der Waals surface area contributed by atoms with Gasteiger partial charge in [-0.05, 0) is 24.3 Å². The summed E-state index contributed by atoms with van der Waals surface area (Å²) < 4.78 is 12.0. The number of benzene rings is 2. The number of rotatable bonds is 4. The van der Waals surface area contributed by atoms with Gasteiger partial charge in [-0.2, -0.15) is 0 Å². The maximum Gasteiger partial charge on any atom is 0.269 e. The van der Waals surface area contributed by atoms with E-state index in [0.29, 0.717) is 0 Å². The molecule has 0 fully saturated rings. The van der Waals surface area contributed by atoms with Crippen molar-refractivity contribution >= 4 is 32.4 Å². The molecule has 122 valence electrons. The van der Waals surface area contributed by atoms with Crippen LogP contribution < -0.4 is 0 Å². The van der Waals surface area contributed by atoms with E-state index in [4.69, 9.17) is 0 Å². The molecule has 2 aromatic carbocycles. The normalized spacial score (nSPS) is 10.4. The van der Waals surface area contributed by atoms with Crippen LogP contribution in [0, 0.1) is 20.2 Å². The Morgan fingerprint density at radius 2 is 1.00 bits per heavy atom. The summed E-state index contributed by atoms with van der Waals surface area (Å²) in [6.07, 6.45) is 0. The lowest BCUT2D eigenvalue weighted by Gasteiger charge is -2.01. The Balaban J connectivity index is 2.20. The maximum atomic E-state index is 12.0. The molecule has 2 rings (SSSR count). The third-order valence-electron chi connectivity index (χ3n) is 2.96. The summed E-state index contributed by atoms with van der Waals surface area (Å²) in [5, 5.41) is 19.1. The molecular formula is C14H8N2O7S. The van der Waals surface area contributed by atoms with Gasteiger partial charge in [0.15, 0.2) is 10.8 Å². The Morgan fingerprint density at radius 3 is 1.25 bits per heavy atom. The largest absolute Gasteiger partial charge is 0.278 e. The maximum absolute atomic E-state index is 12.0. The van der Waals surface area contributed by atoms with Gasteiger partial charge in [-0.25, -0.2) is 4.21 Å². The van der Waals surface area contributed by atoms with Gasteiger partial charge in [-0.1, -0.05) is 0 Å². The Kier molecular flexibility index (Phi) is 4.90. The molecule has 0 unspecified atom stereocenters. The van der Waals surface area contributed by atoms with Crippen LogP contribution in [0.4, 0.5) is 11.4 Å². The highest BCUT2D eigenvalue weighted by atomic mass is 32.2. The monoisotopic (exact) mass is 348 g/mol. The fraction of sp³-hybridized carbons (Fsp3) is 0. The molecule has 0 aliphatic carbocycles. The number of carbonyl (C=O) groups excluding carboxylic acids is 2. The van der Waals surface area contributed by atoms with E-state index in [0.717, 1.165) is 48.5 Å². The molecule has 0 aliphatic heterocycles. The van der Waals surface area contributed by atoms with E-state index in [2.05, 4.69) is 0 Å². The molecule has 0 saturated heterocycles. The number of nitro groups is 2. The van der Waals surface area contributed by atoms with Gasteiger partial charge in [0.05, 0.1) is 9.85 Å². The van der Waals surface area contributed by atoms with Gasteiger partial charge >= 0.3 is 0 Å². The predicted octanol–water partition coefficient (Wildman–Crippen LogP) is 2.23. The number of nitro benzene ring substituents is 2. The van der Waals surface area contributed by atoms with Crippen LogP contribution >= 0.6 is 0 Å². The van der Waals surface area contributed by atoms with Crippen molar-refractivity contribution in [3.8, 4) is 0 Å². The van der Waals surface area contributed by atoms with Crippen molar-refractivity contribution in [2.24, 2.45) is 0 Å². The van der Waals surface area contributed by atoms with E-state index in [-0.39, 0.29) is 22.5 Å². The molecule has 0 spiro atoms. The van der Waals surface area contributed by atoms with Crippen molar-refractivity contribution in [1.82, 2.24) is 0 Å². The minimum Gasteiger partial charge on any atom is -0.278 e. The SMILES string of the molecule is O=C(c1ccc([N+](=O)[O-])cc1)S(=O)C(=O)c1ccc([N+](=O)[O-])cc1. The fourth-order valence-electron chi connectivity index (χ4n) is 1.74. The Morgan fingerprint density at radius 1 is 0.708 bits per heavy atom. The zero-order chi connectivity index (χ0) is 17.9. The molecule has 0 amide bonds. The lowest BCUT2D eigenvalue weighted by molar-refractivity contribution is -0.385. The number of nitrogens with zero attached hydrogens (tertiary/aromatic N) is 2. The second-order valence-electron chi connectivity index (χ2n) is 4.45. The van der Waals surface area contributed by atoms with Crippen LogP contribution in [0.2, 0.25) is 0 Å². The van der Waals surface area contributed by atoms with Gasteiger partial charge < -0.3 is 0 Å². The lowest BCUT2D eigenvalue weighted by Crippen LogP contribution is -2.17. The van der Waals surface area contributed by atoms with Crippen LogP contribution in [0.25, 0.3) is 0 Å². The van der Waals surface area contributed by atoms with E-state index in [1.165, 1.54) is 0 Å². The van der Waals surface area contributed by atoms with Crippen LogP contribution in [0.3, 0.4) is 0 Å². The Hall–Kier alpha value is -3.27. The molecule has 0 aliphatic rings. The van der Waals surface area contributed by atoms with Gasteiger partial charge in [0.1, 0.15) is 0 Å². The smallest absolute Gasteiger partial charge is 0.269 e. The Labute approximate surface area is 136 Å². The molecule has 0 heterocycles. The molecule has 24 heavy (non-hydrogen) atoms. The van der Waals surface area contributed by atoms with Crippen LogP contribution in [0.1, 0.15) is 20.7 Å². The van der Waals surface area contributed by atoms with Crippen molar-refractivity contribution < 1.29 is 23.6 Å². The van der Waals surface area contributed by atoms with E-state index < -0.39 is 30.9 Å². The number of hydrogen-bond donors (Lipinski definition) is 0. The second-order valence-corrected chi connectivity index (χ2v) is 5.73. The first-order chi connectivity index (χ1) is 11.3. The van der Waals surface area contributed by atoms with Crippen molar-refractivity contribution in [2.75, 3.05) is 0 Å². The minimum atomic E-state index is -2.56. The molecule has 9 nitrogen and oxygen atoms in total. The molecule has 0 aromatic heterocycles. The molecule has 0 atom stereocenters. The van der Waals surface area contributed by atoms with Gasteiger partial charge in [0.25, 0.3) is 21.6 Å². The van der Waals surface area contributed by atoms with E-state index in [1.807, 2.05) is 0 Å². The van der Waals surface area contributed by atoms with Crippen LogP contribution in [0.15, 0.2) is 48.5 Å². The fourth-order valence-corrected chi connectivity index (χ4v) is 2.61. The summed E-state index contributed by atoms with van der Waals surface area (Å²) in [6.45, 7) is 0. The van der Waals surface area contributed by atoms with Gasteiger partial charge in [0, 0.05) is 35.4 Å². The van der Waals surface area contributed by atoms with Crippen molar-refractivity contribution in [3.63, 3.8) is 0 Å². The molecule has 10 heteroatoms. The van der Waals surface area contributed by atoms with Gasteiger partial charge in [-0.3, -0.25) is 29.8 Å². The summed E-state index contributed by atoms with van der Waals surface area (Å²) in [5.74, 6) is 0. The summed E-state index contributed by atoms with van der Waals surface area (Å²) in [7, 11) is -2.56. The van der Waals surface area contributed by atoms with Crippen LogP contribution in [-0.4, -0.2) is 24.3 Å². The Bertz CT molecular complexity index is 788. The molecule has 2 aromatic rings. The zero-order valence-corrected chi connectivity index (χ0v) is 12.6. The van der Waals surface area contributed by atoms with E-state index in [9.17, 15) is 34.0 Å². The predicted molar refractivity (Wildman–Crippen MR) is 83.0 cm³/mol. The summed E-state index contributed by atoms with van der Waals surface area (Å²) in [4.78, 5) is 43.8. The molecular weight excluding hydrogens is 340 g/mol. The molecule has 0 saturated carbocycles. The summed E-state index contributed by atoms with van der Waals surface area (Å²) in [6, 6.07) is 8.62. The third-order valence-corrected chi connectivity index (χ3v) is 4.11. The second kappa shape index (κ2) is 6.87. The third kappa shape index (κ3) is 3.55. The highest BCUT2D eigenvalue weighted by Gasteiger charge is 2.24. The molecule has 0 N–H and O–H groups in total. The first-order valence-corrected chi connectivity index (χ1v) is 7.45. The average Bonchev–Trinajstić information content (AvgIpc) is 2.60. The highest BCUT2D eigenvalue weighted by Crippen LogP contribution is 2.17. The first kappa shape index (κ1) is 17.1. The molecule has 0 bridgehead atoms. The number of hydrogen-bond acceptors (Lipinski definition) is 7. The standard InChI is InChI=1S/C14H8N2O7S/c17-13(9-1-5-11(6-2-9)15(19)20)24(23)14(18)10-3-7-12(8-4-10)16(21)22/h1-8H.